The molecule has 1 aromatic rings. The highest BCUT2D eigenvalue weighted by Gasteiger charge is 2.24. The fourth-order valence-corrected chi connectivity index (χ4v) is 2.32. The largest absolute Gasteiger partial charge is 0.380 e. The van der Waals surface area contributed by atoms with E-state index in [1.54, 1.807) is 18.0 Å². The number of nitrogens with zero attached hydrogens (tertiary/aromatic N) is 3. The molecule has 1 aliphatic carbocycles. The van der Waals surface area contributed by atoms with Crippen molar-refractivity contribution in [1.82, 2.24) is 20.3 Å². The van der Waals surface area contributed by atoms with Gasteiger partial charge in [-0.1, -0.05) is 18.1 Å². The van der Waals surface area contributed by atoms with Crippen LogP contribution in [0.15, 0.2) is 6.20 Å². The van der Waals surface area contributed by atoms with Gasteiger partial charge in [0.15, 0.2) is 0 Å². The highest BCUT2D eigenvalue weighted by molar-refractivity contribution is 4.94. The summed E-state index contributed by atoms with van der Waals surface area (Å²) in [4.78, 5) is 0. The van der Waals surface area contributed by atoms with Crippen molar-refractivity contribution < 1.29 is 4.74 Å². The molecule has 0 saturated heterocycles. The van der Waals surface area contributed by atoms with E-state index in [1.165, 1.54) is 19.3 Å². The third-order valence-corrected chi connectivity index (χ3v) is 3.36. The van der Waals surface area contributed by atoms with Crippen molar-refractivity contribution in [2.45, 2.75) is 44.4 Å². The van der Waals surface area contributed by atoms with Crippen LogP contribution in [0, 0.1) is 0 Å². The van der Waals surface area contributed by atoms with E-state index in [-0.39, 0.29) is 0 Å². The third kappa shape index (κ3) is 2.59. The highest BCUT2D eigenvalue weighted by atomic mass is 16.5. The normalized spacial score (nSPS) is 25.9. The molecule has 0 radical (unpaired) electrons. The van der Waals surface area contributed by atoms with Crippen LogP contribution >= 0.6 is 0 Å². The summed E-state index contributed by atoms with van der Waals surface area (Å²) in [5.74, 6) is 0. The molecule has 5 nitrogen and oxygen atoms in total. The van der Waals surface area contributed by atoms with E-state index >= 15 is 0 Å². The van der Waals surface area contributed by atoms with Crippen molar-refractivity contribution in [3.05, 3.63) is 11.9 Å². The minimum absolute atomic E-state index is 0.356. The smallest absolute Gasteiger partial charge is 0.0738 e. The maximum absolute atomic E-state index is 5.50. The van der Waals surface area contributed by atoms with Crippen LogP contribution in [-0.4, -0.2) is 34.2 Å². The molecule has 1 saturated carbocycles. The molecule has 1 heterocycles. The first-order valence-corrected chi connectivity index (χ1v) is 5.91. The highest BCUT2D eigenvalue weighted by Crippen LogP contribution is 2.20. The van der Waals surface area contributed by atoms with Crippen LogP contribution in [-0.2, 0) is 18.3 Å². The van der Waals surface area contributed by atoms with Gasteiger partial charge in [0.1, 0.15) is 0 Å². The lowest BCUT2D eigenvalue weighted by Crippen LogP contribution is -2.42. The summed E-state index contributed by atoms with van der Waals surface area (Å²) in [6, 6.07) is 0.466. The fourth-order valence-electron chi connectivity index (χ4n) is 2.32. The Hall–Kier alpha value is -0.940. The number of hydrogen-bond acceptors (Lipinski definition) is 4. The maximum atomic E-state index is 5.50. The first kappa shape index (κ1) is 11.5. The zero-order chi connectivity index (χ0) is 11.4. The Kier molecular flexibility index (Phi) is 3.90. The molecule has 2 rings (SSSR count). The molecule has 1 aliphatic rings. The maximum Gasteiger partial charge on any atom is 0.0738 e. The molecule has 5 heteroatoms. The Balaban J connectivity index is 1.86. The van der Waals surface area contributed by atoms with E-state index in [2.05, 4.69) is 15.6 Å². The number of aryl methyl sites for hydroxylation is 1. The molecule has 2 unspecified atom stereocenters. The summed E-state index contributed by atoms with van der Waals surface area (Å²) in [6.45, 7) is 0.814. The standard InChI is InChI=1S/C11H20N4O/c1-15-9(8-13-14-15)7-12-10-5-3-4-6-11(10)16-2/h8,10-12H,3-7H2,1-2H3. The van der Waals surface area contributed by atoms with Gasteiger partial charge in [0.25, 0.3) is 0 Å². The summed E-state index contributed by atoms with van der Waals surface area (Å²) in [6.07, 6.45) is 7.10. The predicted molar refractivity (Wildman–Crippen MR) is 60.9 cm³/mol. The molecule has 1 N–H and O–H groups in total. The van der Waals surface area contributed by atoms with Crippen LogP contribution in [0.4, 0.5) is 0 Å². The fraction of sp³-hybridized carbons (Fsp3) is 0.818. The Labute approximate surface area is 96.2 Å². The van der Waals surface area contributed by atoms with Crippen LogP contribution in [0.5, 0.6) is 0 Å². The van der Waals surface area contributed by atoms with Gasteiger partial charge in [-0.3, -0.25) is 4.68 Å². The van der Waals surface area contributed by atoms with E-state index in [9.17, 15) is 0 Å². The molecule has 1 fully saturated rings. The Morgan fingerprint density at radius 2 is 2.31 bits per heavy atom. The topological polar surface area (TPSA) is 52.0 Å². The van der Waals surface area contributed by atoms with Gasteiger partial charge in [-0.15, -0.1) is 5.10 Å². The lowest BCUT2D eigenvalue weighted by Gasteiger charge is -2.31. The molecular weight excluding hydrogens is 204 g/mol. The van der Waals surface area contributed by atoms with Crippen molar-refractivity contribution in [3.63, 3.8) is 0 Å². The van der Waals surface area contributed by atoms with Crippen molar-refractivity contribution in [2.24, 2.45) is 7.05 Å². The van der Waals surface area contributed by atoms with Crippen LogP contribution in [0.2, 0.25) is 0 Å². The first-order chi connectivity index (χ1) is 7.81. The van der Waals surface area contributed by atoms with Crippen molar-refractivity contribution in [3.8, 4) is 0 Å². The second-order valence-corrected chi connectivity index (χ2v) is 4.39. The van der Waals surface area contributed by atoms with Crippen molar-refractivity contribution >= 4 is 0 Å². The molecular formula is C11H20N4O. The van der Waals surface area contributed by atoms with Crippen LogP contribution in [0.3, 0.4) is 0 Å². The number of nitrogens with one attached hydrogen (secondary N) is 1. The molecule has 0 spiro atoms. The average molecular weight is 224 g/mol. The second kappa shape index (κ2) is 5.41. The molecule has 0 bridgehead atoms. The second-order valence-electron chi connectivity index (χ2n) is 4.39. The van der Waals surface area contributed by atoms with Gasteiger partial charge >= 0.3 is 0 Å². The Bertz CT molecular complexity index is 326. The average Bonchev–Trinajstić information content (AvgIpc) is 2.72. The monoisotopic (exact) mass is 224 g/mol. The number of aromatic nitrogens is 3. The number of rotatable bonds is 4. The molecule has 2 atom stereocenters. The summed E-state index contributed by atoms with van der Waals surface area (Å²) >= 11 is 0. The molecule has 1 aromatic heterocycles. The molecule has 0 amide bonds. The van der Waals surface area contributed by atoms with Crippen molar-refractivity contribution in [1.29, 1.82) is 0 Å². The summed E-state index contributed by atoms with van der Waals surface area (Å²) in [5, 5.41) is 11.3. The quantitative estimate of drug-likeness (QED) is 0.824. The van der Waals surface area contributed by atoms with Gasteiger partial charge < -0.3 is 10.1 Å². The zero-order valence-corrected chi connectivity index (χ0v) is 10.0. The van der Waals surface area contributed by atoms with Crippen LogP contribution < -0.4 is 5.32 Å². The van der Waals surface area contributed by atoms with E-state index in [4.69, 9.17) is 4.74 Å². The molecule has 90 valence electrons. The van der Waals surface area contributed by atoms with Crippen LogP contribution in [0.1, 0.15) is 31.4 Å². The molecule has 0 aromatic carbocycles. The van der Waals surface area contributed by atoms with Gasteiger partial charge in [0, 0.05) is 26.7 Å². The van der Waals surface area contributed by atoms with Gasteiger partial charge in [0.05, 0.1) is 18.0 Å². The van der Waals surface area contributed by atoms with E-state index in [1.807, 2.05) is 7.05 Å². The predicted octanol–water partition coefficient (Wildman–Crippen LogP) is 0.862. The van der Waals surface area contributed by atoms with Gasteiger partial charge in [-0.25, -0.2) is 0 Å². The summed E-state index contributed by atoms with van der Waals surface area (Å²) in [7, 11) is 3.72. The van der Waals surface area contributed by atoms with E-state index in [0.717, 1.165) is 18.7 Å². The lowest BCUT2D eigenvalue weighted by atomic mass is 9.92. The summed E-state index contributed by atoms with van der Waals surface area (Å²) in [5.41, 5.74) is 1.11. The minimum Gasteiger partial charge on any atom is -0.380 e. The van der Waals surface area contributed by atoms with Crippen molar-refractivity contribution in [2.75, 3.05) is 7.11 Å². The minimum atomic E-state index is 0.356. The van der Waals surface area contributed by atoms with Gasteiger partial charge in [0.2, 0.25) is 0 Å². The number of hydrogen-bond donors (Lipinski definition) is 1. The van der Waals surface area contributed by atoms with E-state index < -0.39 is 0 Å². The first-order valence-electron chi connectivity index (χ1n) is 5.91. The SMILES string of the molecule is COC1CCCCC1NCc1cnnn1C. The molecule has 0 aliphatic heterocycles. The van der Waals surface area contributed by atoms with Crippen LogP contribution in [0.25, 0.3) is 0 Å². The zero-order valence-electron chi connectivity index (χ0n) is 10.0. The number of ether oxygens (including phenoxy) is 1. The Morgan fingerprint density at radius 1 is 1.50 bits per heavy atom. The van der Waals surface area contributed by atoms with Gasteiger partial charge in [-0.05, 0) is 12.8 Å². The summed E-state index contributed by atoms with van der Waals surface area (Å²) < 4.78 is 7.31. The number of methoxy groups -OCH3 is 1. The lowest BCUT2D eigenvalue weighted by molar-refractivity contribution is 0.0411. The third-order valence-electron chi connectivity index (χ3n) is 3.36. The molecule has 16 heavy (non-hydrogen) atoms. The van der Waals surface area contributed by atoms with Gasteiger partial charge in [-0.2, -0.15) is 0 Å². The van der Waals surface area contributed by atoms with E-state index in [0.29, 0.717) is 12.1 Å². The Morgan fingerprint density at radius 3 is 3.00 bits per heavy atom.